The maximum absolute atomic E-state index is 12.0. The minimum absolute atomic E-state index is 0.215. The van der Waals surface area contributed by atoms with Gasteiger partial charge in [0.1, 0.15) is 0 Å². The molecule has 2 rings (SSSR count). The number of allylic oxidation sites excluding steroid dienone is 2. The van der Waals surface area contributed by atoms with Gasteiger partial charge in [-0.05, 0) is 24.0 Å². The lowest BCUT2D eigenvalue weighted by Crippen LogP contribution is -2.21. The molecule has 0 spiro atoms. The molecule has 2 heteroatoms. The molecule has 106 valence electrons. The van der Waals surface area contributed by atoms with Crippen molar-refractivity contribution in [3.63, 3.8) is 0 Å². The molecule has 1 aromatic carbocycles. The van der Waals surface area contributed by atoms with Crippen LogP contribution in [0.2, 0.25) is 0 Å². The zero-order valence-corrected chi connectivity index (χ0v) is 12.1. The Labute approximate surface area is 121 Å². The van der Waals surface area contributed by atoms with E-state index >= 15 is 0 Å². The second-order valence-corrected chi connectivity index (χ2v) is 5.46. The van der Waals surface area contributed by atoms with Crippen LogP contribution >= 0.6 is 0 Å². The molecular weight excluding hydrogens is 248 g/mol. The fraction of sp³-hybridized carbons (Fsp3) is 0.389. The standard InChI is InChI=1S/C18H22O2/c1-3-8-16-11-18(4-2,12-17(16)19)14-20-13-15-9-6-5-7-10-15/h4-10H,2-3,11-14H2,1H3/b16-8+/t18-/m1/s1. The van der Waals surface area contributed by atoms with E-state index in [1.807, 2.05) is 42.5 Å². The number of ether oxygens (including phenoxy) is 1. The summed E-state index contributed by atoms with van der Waals surface area (Å²) in [5, 5.41) is 0. The number of Topliss-reactive ketones (excluding diaryl/α,β-unsaturated/α-hetero) is 1. The molecule has 20 heavy (non-hydrogen) atoms. The van der Waals surface area contributed by atoms with Gasteiger partial charge >= 0.3 is 0 Å². The molecule has 0 bridgehead atoms. The molecule has 1 aliphatic carbocycles. The van der Waals surface area contributed by atoms with Gasteiger partial charge < -0.3 is 4.74 Å². The summed E-state index contributed by atoms with van der Waals surface area (Å²) in [6, 6.07) is 10.1. The number of rotatable bonds is 6. The lowest BCUT2D eigenvalue weighted by Gasteiger charge is -2.23. The largest absolute Gasteiger partial charge is 0.376 e. The maximum atomic E-state index is 12.0. The van der Waals surface area contributed by atoms with Gasteiger partial charge in [-0.1, -0.05) is 49.4 Å². The Kier molecular flexibility index (Phi) is 4.91. The zero-order valence-electron chi connectivity index (χ0n) is 12.1. The Bertz CT molecular complexity index is 501. The van der Waals surface area contributed by atoms with Crippen LogP contribution in [0.25, 0.3) is 0 Å². The van der Waals surface area contributed by atoms with Crippen LogP contribution in [0.5, 0.6) is 0 Å². The Morgan fingerprint density at radius 3 is 2.70 bits per heavy atom. The van der Waals surface area contributed by atoms with Gasteiger partial charge in [0.25, 0.3) is 0 Å². The Balaban J connectivity index is 1.95. The molecule has 0 heterocycles. The Morgan fingerprint density at radius 1 is 1.30 bits per heavy atom. The second-order valence-electron chi connectivity index (χ2n) is 5.46. The third-order valence-corrected chi connectivity index (χ3v) is 3.80. The first-order valence-corrected chi connectivity index (χ1v) is 7.16. The van der Waals surface area contributed by atoms with Gasteiger partial charge in [-0.3, -0.25) is 4.79 Å². The number of hydrogen-bond donors (Lipinski definition) is 0. The summed E-state index contributed by atoms with van der Waals surface area (Å²) in [4.78, 5) is 12.0. The highest BCUT2D eigenvalue weighted by Gasteiger charge is 2.39. The highest BCUT2D eigenvalue weighted by atomic mass is 16.5. The summed E-state index contributed by atoms with van der Waals surface area (Å²) >= 11 is 0. The summed E-state index contributed by atoms with van der Waals surface area (Å²) in [6.45, 7) is 7.10. The van der Waals surface area contributed by atoms with E-state index in [2.05, 4.69) is 13.5 Å². The first-order chi connectivity index (χ1) is 9.69. The molecule has 1 atom stereocenters. The minimum atomic E-state index is -0.215. The molecular formula is C18H22O2. The fourth-order valence-corrected chi connectivity index (χ4v) is 2.66. The van der Waals surface area contributed by atoms with Gasteiger partial charge in [-0.2, -0.15) is 0 Å². The van der Waals surface area contributed by atoms with Crippen molar-refractivity contribution < 1.29 is 9.53 Å². The quantitative estimate of drug-likeness (QED) is 0.575. The van der Waals surface area contributed by atoms with Crippen molar-refractivity contribution in [3.05, 3.63) is 60.2 Å². The molecule has 0 amide bonds. The Morgan fingerprint density at radius 2 is 2.05 bits per heavy atom. The lowest BCUT2D eigenvalue weighted by atomic mass is 9.87. The van der Waals surface area contributed by atoms with Gasteiger partial charge in [0.15, 0.2) is 5.78 Å². The average Bonchev–Trinajstić information content (AvgIpc) is 2.78. The van der Waals surface area contributed by atoms with E-state index in [1.165, 1.54) is 0 Å². The molecule has 0 saturated heterocycles. The van der Waals surface area contributed by atoms with Crippen LogP contribution < -0.4 is 0 Å². The van der Waals surface area contributed by atoms with Crippen molar-refractivity contribution in [3.8, 4) is 0 Å². The summed E-state index contributed by atoms with van der Waals surface area (Å²) in [6.07, 6.45) is 6.12. The van der Waals surface area contributed by atoms with E-state index in [-0.39, 0.29) is 11.2 Å². The van der Waals surface area contributed by atoms with Crippen LogP contribution in [0.15, 0.2) is 54.6 Å². The summed E-state index contributed by atoms with van der Waals surface area (Å²) < 4.78 is 5.82. The molecule has 0 N–H and O–H groups in total. The second kappa shape index (κ2) is 6.67. The molecule has 0 radical (unpaired) electrons. The van der Waals surface area contributed by atoms with Crippen LogP contribution in [0.1, 0.15) is 31.7 Å². The number of ketones is 1. The van der Waals surface area contributed by atoms with Crippen LogP contribution in [0, 0.1) is 5.41 Å². The summed E-state index contributed by atoms with van der Waals surface area (Å²) in [5.41, 5.74) is 1.88. The van der Waals surface area contributed by atoms with E-state index in [0.717, 1.165) is 24.0 Å². The molecule has 0 aromatic heterocycles. The zero-order chi connectivity index (χ0) is 14.4. The maximum Gasteiger partial charge on any atom is 0.159 e. The topological polar surface area (TPSA) is 26.3 Å². The van der Waals surface area contributed by atoms with Crippen molar-refractivity contribution in [2.45, 2.75) is 32.8 Å². The van der Waals surface area contributed by atoms with Crippen molar-refractivity contribution in [2.75, 3.05) is 6.61 Å². The van der Waals surface area contributed by atoms with Crippen LogP contribution in [-0.4, -0.2) is 12.4 Å². The van der Waals surface area contributed by atoms with Crippen LogP contribution in [-0.2, 0) is 16.1 Å². The molecule has 0 unspecified atom stereocenters. The van der Waals surface area contributed by atoms with Gasteiger partial charge in [0, 0.05) is 11.8 Å². The van der Waals surface area contributed by atoms with E-state index < -0.39 is 0 Å². The minimum Gasteiger partial charge on any atom is -0.376 e. The van der Waals surface area contributed by atoms with E-state index in [9.17, 15) is 4.79 Å². The SMILES string of the molecule is C=C[C@]1(COCc2ccccc2)CC(=O)/C(=C/CC)C1. The van der Waals surface area contributed by atoms with Crippen molar-refractivity contribution in [1.82, 2.24) is 0 Å². The predicted molar refractivity (Wildman–Crippen MR) is 81.3 cm³/mol. The highest BCUT2D eigenvalue weighted by Crippen LogP contribution is 2.40. The van der Waals surface area contributed by atoms with Crippen LogP contribution in [0.3, 0.4) is 0 Å². The van der Waals surface area contributed by atoms with Gasteiger partial charge in [0.05, 0.1) is 13.2 Å². The number of hydrogen-bond acceptors (Lipinski definition) is 2. The van der Waals surface area contributed by atoms with Crippen molar-refractivity contribution >= 4 is 5.78 Å². The third kappa shape index (κ3) is 3.45. The molecule has 0 aliphatic heterocycles. The highest BCUT2D eigenvalue weighted by molar-refractivity contribution is 5.98. The van der Waals surface area contributed by atoms with Gasteiger partial charge in [-0.15, -0.1) is 6.58 Å². The first-order valence-electron chi connectivity index (χ1n) is 7.16. The van der Waals surface area contributed by atoms with Crippen molar-refractivity contribution in [1.29, 1.82) is 0 Å². The summed E-state index contributed by atoms with van der Waals surface area (Å²) in [5.74, 6) is 0.245. The predicted octanol–water partition coefficient (Wildman–Crippen LogP) is 4.07. The smallest absolute Gasteiger partial charge is 0.159 e. The van der Waals surface area contributed by atoms with Gasteiger partial charge in [0.2, 0.25) is 0 Å². The Hall–Kier alpha value is -1.67. The third-order valence-electron chi connectivity index (χ3n) is 3.80. The van der Waals surface area contributed by atoms with Crippen LogP contribution in [0.4, 0.5) is 0 Å². The first kappa shape index (κ1) is 14.7. The molecule has 1 aromatic rings. The number of carbonyl (C=O) groups excluding carboxylic acids is 1. The molecule has 1 saturated carbocycles. The number of carbonyl (C=O) groups is 1. The molecule has 1 fully saturated rings. The van der Waals surface area contributed by atoms with Crippen molar-refractivity contribution in [2.24, 2.45) is 5.41 Å². The fourth-order valence-electron chi connectivity index (χ4n) is 2.66. The van der Waals surface area contributed by atoms with E-state index in [4.69, 9.17) is 4.74 Å². The van der Waals surface area contributed by atoms with E-state index in [0.29, 0.717) is 19.6 Å². The molecule has 1 aliphatic rings. The van der Waals surface area contributed by atoms with Gasteiger partial charge in [-0.25, -0.2) is 0 Å². The van der Waals surface area contributed by atoms with E-state index in [1.54, 1.807) is 0 Å². The molecule has 2 nitrogen and oxygen atoms in total. The average molecular weight is 270 g/mol. The normalized spacial score (nSPS) is 24.2. The monoisotopic (exact) mass is 270 g/mol. The summed E-state index contributed by atoms with van der Waals surface area (Å²) in [7, 11) is 0. The number of benzene rings is 1. The lowest BCUT2D eigenvalue weighted by molar-refractivity contribution is -0.115.